The largest absolute Gasteiger partial charge is 0.355 e. The van der Waals surface area contributed by atoms with Crippen LogP contribution >= 0.6 is 0 Å². The SMILES string of the molecule is CCCCNC(=O)C(C)N1CCNCC1C(=O)N(C)C. The Labute approximate surface area is 121 Å². The highest BCUT2D eigenvalue weighted by Gasteiger charge is 2.35. The number of carbonyl (C=O) groups is 2. The van der Waals surface area contributed by atoms with Crippen molar-refractivity contribution in [1.29, 1.82) is 0 Å². The molecule has 116 valence electrons. The maximum Gasteiger partial charge on any atom is 0.240 e. The molecule has 2 atom stereocenters. The molecule has 0 bridgehead atoms. The van der Waals surface area contributed by atoms with E-state index in [2.05, 4.69) is 17.6 Å². The fraction of sp³-hybridized carbons (Fsp3) is 0.857. The first-order chi connectivity index (χ1) is 9.49. The van der Waals surface area contributed by atoms with Gasteiger partial charge in [0.05, 0.1) is 6.04 Å². The number of hydrogen-bond donors (Lipinski definition) is 2. The molecule has 20 heavy (non-hydrogen) atoms. The molecule has 0 aliphatic carbocycles. The average Bonchev–Trinajstić information content (AvgIpc) is 2.45. The molecule has 1 heterocycles. The summed E-state index contributed by atoms with van der Waals surface area (Å²) >= 11 is 0. The van der Waals surface area contributed by atoms with Gasteiger partial charge in [-0.2, -0.15) is 0 Å². The Kier molecular flexibility index (Phi) is 6.95. The maximum absolute atomic E-state index is 12.2. The molecule has 2 amide bonds. The fourth-order valence-corrected chi connectivity index (χ4v) is 2.40. The summed E-state index contributed by atoms with van der Waals surface area (Å²) in [6.45, 7) is 6.80. The standard InChI is InChI=1S/C14H28N4O2/c1-5-6-7-16-13(19)11(2)18-9-8-15-10-12(18)14(20)17(3)4/h11-12,15H,5-10H2,1-4H3,(H,16,19). The summed E-state index contributed by atoms with van der Waals surface area (Å²) in [7, 11) is 3.50. The summed E-state index contributed by atoms with van der Waals surface area (Å²) in [6.07, 6.45) is 2.05. The van der Waals surface area contributed by atoms with Gasteiger partial charge in [-0.25, -0.2) is 0 Å². The molecule has 1 saturated heterocycles. The van der Waals surface area contributed by atoms with Gasteiger partial charge >= 0.3 is 0 Å². The minimum Gasteiger partial charge on any atom is -0.355 e. The summed E-state index contributed by atoms with van der Waals surface area (Å²) in [5.74, 6) is 0.0577. The molecule has 6 nitrogen and oxygen atoms in total. The number of amides is 2. The summed E-state index contributed by atoms with van der Waals surface area (Å²) in [5.41, 5.74) is 0. The van der Waals surface area contributed by atoms with Crippen molar-refractivity contribution in [3.8, 4) is 0 Å². The first-order valence-electron chi connectivity index (χ1n) is 7.44. The zero-order chi connectivity index (χ0) is 15.1. The highest BCUT2D eigenvalue weighted by atomic mass is 16.2. The van der Waals surface area contributed by atoms with Gasteiger partial charge in [0.25, 0.3) is 0 Å². The van der Waals surface area contributed by atoms with Crippen LogP contribution in [0.2, 0.25) is 0 Å². The average molecular weight is 284 g/mol. The zero-order valence-corrected chi connectivity index (χ0v) is 13.1. The molecule has 0 spiro atoms. The van der Waals surface area contributed by atoms with Crippen molar-refractivity contribution in [3.05, 3.63) is 0 Å². The van der Waals surface area contributed by atoms with Crippen LogP contribution in [-0.4, -0.2) is 74.0 Å². The molecule has 0 aromatic carbocycles. The summed E-state index contributed by atoms with van der Waals surface area (Å²) in [5, 5.41) is 6.17. The molecule has 1 rings (SSSR count). The molecular formula is C14H28N4O2. The van der Waals surface area contributed by atoms with Crippen molar-refractivity contribution >= 4 is 11.8 Å². The Morgan fingerprint density at radius 3 is 2.75 bits per heavy atom. The molecule has 2 unspecified atom stereocenters. The van der Waals surface area contributed by atoms with E-state index in [1.165, 1.54) is 0 Å². The normalized spacial score (nSPS) is 21.3. The van der Waals surface area contributed by atoms with Crippen LogP contribution in [0.5, 0.6) is 0 Å². The Morgan fingerprint density at radius 2 is 2.15 bits per heavy atom. The van der Waals surface area contributed by atoms with Crippen molar-refractivity contribution in [2.24, 2.45) is 0 Å². The van der Waals surface area contributed by atoms with Crippen LogP contribution in [0.3, 0.4) is 0 Å². The number of nitrogens with one attached hydrogen (secondary N) is 2. The van der Waals surface area contributed by atoms with E-state index in [4.69, 9.17) is 0 Å². The van der Waals surface area contributed by atoms with Gasteiger partial charge in [-0.3, -0.25) is 14.5 Å². The maximum atomic E-state index is 12.2. The molecule has 0 aromatic rings. The van der Waals surface area contributed by atoms with Crippen LogP contribution in [-0.2, 0) is 9.59 Å². The molecule has 0 aromatic heterocycles. The lowest BCUT2D eigenvalue weighted by Gasteiger charge is -2.39. The molecule has 6 heteroatoms. The van der Waals surface area contributed by atoms with Crippen molar-refractivity contribution in [3.63, 3.8) is 0 Å². The Hall–Kier alpha value is -1.14. The van der Waals surface area contributed by atoms with E-state index in [1.54, 1.807) is 19.0 Å². The number of carbonyl (C=O) groups excluding carboxylic acids is 2. The molecule has 0 radical (unpaired) electrons. The monoisotopic (exact) mass is 284 g/mol. The second-order valence-electron chi connectivity index (χ2n) is 5.51. The number of unbranched alkanes of at least 4 members (excludes halogenated alkanes) is 1. The van der Waals surface area contributed by atoms with Crippen LogP contribution in [0, 0.1) is 0 Å². The molecule has 2 N–H and O–H groups in total. The summed E-state index contributed by atoms with van der Waals surface area (Å²) in [4.78, 5) is 28.0. The molecule has 0 saturated carbocycles. The molecule has 1 fully saturated rings. The number of likely N-dealkylation sites (N-methyl/N-ethyl adjacent to an activating group) is 1. The van der Waals surface area contributed by atoms with Crippen molar-refractivity contribution in [2.45, 2.75) is 38.8 Å². The van der Waals surface area contributed by atoms with Crippen LogP contribution in [0.15, 0.2) is 0 Å². The van der Waals surface area contributed by atoms with Crippen LogP contribution in [0.4, 0.5) is 0 Å². The minimum absolute atomic E-state index is 0.0110. The predicted molar refractivity (Wildman–Crippen MR) is 79.4 cm³/mol. The van der Waals surface area contributed by atoms with Crippen molar-refractivity contribution in [2.75, 3.05) is 40.3 Å². The van der Waals surface area contributed by atoms with E-state index in [1.807, 2.05) is 11.8 Å². The third kappa shape index (κ3) is 4.45. The highest BCUT2D eigenvalue weighted by molar-refractivity contribution is 5.85. The van der Waals surface area contributed by atoms with Gasteiger partial charge in [0.2, 0.25) is 11.8 Å². The first-order valence-corrected chi connectivity index (χ1v) is 7.44. The number of rotatable bonds is 6. The quantitative estimate of drug-likeness (QED) is 0.655. The van der Waals surface area contributed by atoms with E-state index >= 15 is 0 Å². The van der Waals surface area contributed by atoms with E-state index in [9.17, 15) is 9.59 Å². The first kappa shape index (κ1) is 16.9. The third-order valence-corrected chi connectivity index (χ3v) is 3.72. The second kappa shape index (κ2) is 8.21. The van der Waals surface area contributed by atoms with Crippen molar-refractivity contribution < 1.29 is 9.59 Å². The lowest BCUT2D eigenvalue weighted by atomic mass is 10.1. The Morgan fingerprint density at radius 1 is 1.45 bits per heavy atom. The van der Waals surface area contributed by atoms with Gasteiger partial charge in [-0.15, -0.1) is 0 Å². The summed E-state index contributed by atoms with van der Waals surface area (Å²) < 4.78 is 0. The van der Waals surface area contributed by atoms with E-state index < -0.39 is 0 Å². The van der Waals surface area contributed by atoms with Gasteiger partial charge in [0.15, 0.2) is 0 Å². The summed E-state index contributed by atoms with van der Waals surface area (Å²) in [6, 6.07) is -0.534. The zero-order valence-electron chi connectivity index (χ0n) is 13.1. The fourth-order valence-electron chi connectivity index (χ4n) is 2.40. The predicted octanol–water partition coefficient (Wildman–Crippen LogP) is -0.347. The van der Waals surface area contributed by atoms with Gasteiger partial charge in [0, 0.05) is 40.3 Å². The van der Waals surface area contributed by atoms with E-state index in [-0.39, 0.29) is 23.9 Å². The second-order valence-corrected chi connectivity index (χ2v) is 5.51. The van der Waals surface area contributed by atoms with Crippen LogP contribution < -0.4 is 10.6 Å². The lowest BCUT2D eigenvalue weighted by Crippen LogP contribution is -2.62. The highest BCUT2D eigenvalue weighted by Crippen LogP contribution is 2.11. The topological polar surface area (TPSA) is 64.7 Å². The van der Waals surface area contributed by atoms with E-state index in [0.717, 1.165) is 19.4 Å². The minimum atomic E-state index is -0.275. The molecule has 1 aliphatic rings. The van der Waals surface area contributed by atoms with Crippen LogP contribution in [0.25, 0.3) is 0 Å². The smallest absolute Gasteiger partial charge is 0.240 e. The number of piperazine rings is 1. The van der Waals surface area contributed by atoms with Gasteiger partial charge < -0.3 is 15.5 Å². The lowest BCUT2D eigenvalue weighted by molar-refractivity contribution is -0.138. The van der Waals surface area contributed by atoms with Gasteiger partial charge in [0.1, 0.15) is 6.04 Å². The van der Waals surface area contributed by atoms with Crippen molar-refractivity contribution in [1.82, 2.24) is 20.4 Å². The number of hydrogen-bond acceptors (Lipinski definition) is 4. The van der Waals surface area contributed by atoms with Gasteiger partial charge in [-0.05, 0) is 13.3 Å². The van der Waals surface area contributed by atoms with Crippen LogP contribution in [0.1, 0.15) is 26.7 Å². The van der Waals surface area contributed by atoms with Gasteiger partial charge in [-0.1, -0.05) is 13.3 Å². The van der Waals surface area contributed by atoms with E-state index in [0.29, 0.717) is 19.6 Å². The third-order valence-electron chi connectivity index (χ3n) is 3.72. The molecule has 1 aliphatic heterocycles. The Balaban J connectivity index is 2.64. The molecular weight excluding hydrogens is 256 g/mol. The Bertz CT molecular complexity index is 333. The number of nitrogens with zero attached hydrogens (tertiary/aromatic N) is 2.